The average Bonchev–Trinajstić information content (AvgIpc) is 2.89. The van der Waals surface area contributed by atoms with Gasteiger partial charge in [0, 0.05) is 36.3 Å². The van der Waals surface area contributed by atoms with Crippen LogP contribution in [0.2, 0.25) is 10.0 Å². The number of carbonyl (C=O) groups excluding carboxylic acids is 1. The molecule has 0 aliphatic carbocycles. The van der Waals surface area contributed by atoms with E-state index in [1.165, 1.54) is 0 Å². The molecule has 4 nitrogen and oxygen atoms in total. The molecule has 1 aliphatic heterocycles. The molecule has 0 radical (unpaired) electrons. The number of aryl methyl sites for hydroxylation is 1. The maximum absolute atomic E-state index is 12.3. The normalized spacial score (nSPS) is 17.6. The second-order valence-electron chi connectivity index (χ2n) is 4.84. The summed E-state index contributed by atoms with van der Waals surface area (Å²) in [7, 11) is 0. The third kappa shape index (κ3) is 2.67. The number of nitrogens with one attached hydrogen (secondary N) is 1. The lowest BCUT2D eigenvalue weighted by molar-refractivity contribution is -0.120. The van der Waals surface area contributed by atoms with E-state index in [1.54, 1.807) is 24.4 Å². The predicted octanol–water partition coefficient (Wildman–Crippen LogP) is 3.39. The highest BCUT2D eigenvalue weighted by atomic mass is 35.5. The summed E-state index contributed by atoms with van der Waals surface area (Å²) in [4.78, 5) is 16.6. The van der Waals surface area contributed by atoms with E-state index in [9.17, 15) is 4.79 Å². The monoisotopic (exact) mass is 309 g/mol. The quantitative estimate of drug-likeness (QED) is 0.924. The van der Waals surface area contributed by atoms with Gasteiger partial charge in [-0.05, 0) is 24.6 Å². The van der Waals surface area contributed by atoms with E-state index in [2.05, 4.69) is 14.9 Å². The second kappa shape index (κ2) is 5.46. The number of fused-ring (bicyclic) bond motifs is 1. The number of benzene rings is 1. The second-order valence-corrected chi connectivity index (χ2v) is 5.68. The lowest BCUT2D eigenvalue weighted by Crippen LogP contribution is -2.30. The molecule has 2 heterocycles. The van der Waals surface area contributed by atoms with Crippen LogP contribution in [0, 0.1) is 5.92 Å². The van der Waals surface area contributed by atoms with Crippen molar-refractivity contribution in [3.8, 4) is 0 Å². The minimum Gasteiger partial charge on any atom is -0.335 e. The number of hydrogen-bond donors (Lipinski definition) is 1. The van der Waals surface area contributed by atoms with Gasteiger partial charge in [-0.3, -0.25) is 4.79 Å². The summed E-state index contributed by atoms with van der Waals surface area (Å²) in [5.41, 5.74) is 0.593. The smallest absolute Gasteiger partial charge is 0.228 e. The van der Waals surface area contributed by atoms with Crippen LogP contribution in [0.1, 0.15) is 12.2 Å². The van der Waals surface area contributed by atoms with Crippen LogP contribution in [0.15, 0.2) is 30.6 Å². The molecule has 0 saturated heterocycles. The molecule has 1 unspecified atom stereocenters. The molecule has 104 valence electrons. The standard InChI is InChI=1S/C14H13Cl2N3O/c15-10-1-2-12(11(16)8-10)18-14(20)9-3-5-19-6-4-17-13(19)7-9/h1-2,4,6,8-9H,3,5,7H2,(H,18,20). The largest absolute Gasteiger partial charge is 0.335 e. The molecule has 1 aliphatic rings. The van der Waals surface area contributed by atoms with Crippen molar-refractivity contribution in [2.75, 3.05) is 5.32 Å². The number of carbonyl (C=O) groups is 1. The fraction of sp³-hybridized carbons (Fsp3) is 0.286. The predicted molar refractivity (Wildman–Crippen MR) is 79.1 cm³/mol. The third-order valence-electron chi connectivity index (χ3n) is 3.51. The maximum atomic E-state index is 12.3. The number of nitrogens with zero attached hydrogens (tertiary/aromatic N) is 2. The molecule has 1 aromatic carbocycles. The fourth-order valence-corrected chi connectivity index (χ4v) is 2.86. The molecular weight excluding hydrogens is 297 g/mol. The zero-order valence-electron chi connectivity index (χ0n) is 10.6. The van der Waals surface area contributed by atoms with Gasteiger partial charge < -0.3 is 9.88 Å². The number of hydrogen-bond acceptors (Lipinski definition) is 2. The fourth-order valence-electron chi connectivity index (χ4n) is 2.40. The summed E-state index contributed by atoms with van der Waals surface area (Å²) < 4.78 is 2.08. The molecule has 0 bridgehead atoms. The van der Waals surface area contributed by atoms with Crippen molar-refractivity contribution in [2.24, 2.45) is 5.92 Å². The van der Waals surface area contributed by atoms with E-state index in [-0.39, 0.29) is 11.8 Å². The molecule has 20 heavy (non-hydrogen) atoms. The summed E-state index contributed by atoms with van der Waals surface area (Å²) in [6.07, 6.45) is 5.18. The Labute approximate surface area is 126 Å². The highest BCUT2D eigenvalue weighted by Gasteiger charge is 2.25. The number of amides is 1. The molecule has 6 heteroatoms. The Morgan fingerprint density at radius 1 is 1.40 bits per heavy atom. The van der Waals surface area contributed by atoms with Crippen LogP contribution in [0.4, 0.5) is 5.69 Å². The third-order valence-corrected chi connectivity index (χ3v) is 4.06. The Balaban J connectivity index is 1.71. The van der Waals surface area contributed by atoms with Crippen LogP contribution in [0.25, 0.3) is 0 Å². The minimum absolute atomic E-state index is 0.0246. The SMILES string of the molecule is O=C(Nc1ccc(Cl)cc1Cl)C1CCn2ccnc2C1. The van der Waals surface area contributed by atoms with E-state index in [1.807, 2.05) is 6.20 Å². The van der Waals surface area contributed by atoms with E-state index in [4.69, 9.17) is 23.2 Å². The summed E-state index contributed by atoms with van der Waals surface area (Å²) in [5.74, 6) is 0.860. The highest BCUT2D eigenvalue weighted by Crippen LogP contribution is 2.27. The van der Waals surface area contributed by atoms with Crippen molar-refractivity contribution in [2.45, 2.75) is 19.4 Å². The first-order valence-electron chi connectivity index (χ1n) is 6.39. The van der Waals surface area contributed by atoms with Crippen LogP contribution >= 0.6 is 23.2 Å². The van der Waals surface area contributed by atoms with Crippen molar-refractivity contribution in [3.05, 3.63) is 46.5 Å². The van der Waals surface area contributed by atoms with Crippen molar-refractivity contribution in [1.29, 1.82) is 0 Å². The summed E-state index contributed by atoms with van der Waals surface area (Å²) >= 11 is 11.9. The summed E-state index contributed by atoms with van der Waals surface area (Å²) in [5, 5.41) is 3.86. The molecule has 3 rings (SSSR count). The first kappa shape index (κ1) is 13.5. The zero-order valence-corrected chi connectivity index (χ0v) is 12.2. The number of halogens is 2. The van der Waals surface area contributed by atoms with Gasteiger partial charge in [0.15, 0.2) is 0 Å². The van der Waals surface area contributed by atoms with Gasteiger partial charge in [-0.25, -0.2) is 4.98 Å². The van der Waals surface area contributed by atoms with Gasteiger partial charge in [0.05, 0.1) is 10.7 Å². The lowest BCUT2D eigenvalue weighted by Gasteiger charge is -2.22. The zero-order chi connectivity index (χ0) is 14.1. The number of rotatable bonds is 2. The van der Waals surface area contributed by atoms with Gasteiger partial charge in [-0.2, -0.15) is 0 Å². The topological polar surface area (TPSA) is 46.9 Å². The first-order chi connectivity index (χ1) is 9.63. The number of aromatic nitrogens is 2. The van der Waals surface area contributed by atoms with Gasteiger partial charge in [0.2, 0.25) is 5.91 Å². The molecule has 1 amide bonds. The first-order valence-corrected chi connectivity index (χ1v) is 7.15. The molecule has 0 fully saturated rings. The molecule has 1 atom stereocenters. The minimum atomic E-state index is -0.0726. The lowest BCUT2D eigenvalue weighted by atomic mass is 9.97. The Hall–Kier alpha value is -1.52. The van der Waals surface area contributed by atoms with Crippen molar-refractivity contribution >= 4 is 34.8 Å². The Morgan fingerprint density at radius 3 is 3.05 bits per heavy atom. The van der Waals surface area contributed by atoms with E-state index >= 15 is 0 Å². The van der Waals surface area contributed by atoms with E-state index in [0.717, 1.165) is 18.8 Å². The van der Waals surface area contributed by atoms with Crippen LogP contribution in [0.3, 0.4) is 0 Å². The van der Waals surface area contributed by atoms with Crippen molar-refractivity contribution in [3.63, 3.8) is 0 Å². The molecular formula is C14H13Cl2N3O. The average molecular weight is 310 g/mol. The summed E-state index contributed by atoms with van der Waals surface area (Å²) in [6, 6.07) is 5.04. The number of anilines is 1. The van der Waals surface area contributed by atoms with Crippen LogP contribution < -0.4 is 5.32 Å². The van der Waals surface area contributed by atoms with Crippen molar-refractivity contribution in [1.82, 2.24) is 9.55 Å². The summed E-state index contributed by atoms with van der Waals surface area (Å²) in [6.45, 7) is 0.821. The van der Waals surface area contributed by atoms with Gasteiger partial charge in [0.25, 0.3) is 0 Å². The van der Waals surface area contributed by atoms with Gasteiger partial charge in [0.1, 0.15) is 5.82 Å². The van der Waals surface area contributed by atoms with E-state index in [0.29, 0.717) is 22.2 Å². The molecule has 0 saturated carbocycles. The van der Waals surface area contributed by atoms with Gasteiger partial charge in [-0.1, -0.05) is 23.2 Å². The van der Waals surface area contributed by atoms with Gasteiger partial charge in [-0.15, -0.1) is 0 Å². The Bertz CT molecular complexity index is 654. The van der Waals surface area contributed by atoms with E-state index < -0.39 is 0 Å². The molecule has 0 spiro atoms. The van der Waals surface area contributed by atoms with Crippen LogP contribution in [0.5, 0.6) is 0 Å². The van der Waals surface area contributed by atoms with Gasteiger partial charge >= 0.3 is 0 Å². The highest BCUT2D eigenvalue weighted by molar-refractivity contribution is 6.36. The molecule has 1 aromatic heterocycles. The van der Waals surface area contributed by atoms with Crippen LogP contribution in [-0.4, -0.2) is 15.5 Å². The Kier molecular flexibility index (Phi) is 3.68. The number of imidazole rings is 1. The molecule has 1 N–H and O–H groups in total. The van der Waals surface area contributed by atoms with Crippen molar-refractivity contribution < 1.29 is 4.79 Å². The molecule has 2 aromatic rings. The van der Waals surface area contributed by atoms with Crippen LogP contribution in [-0.2, 0) is 17.8 Å². The Morgan fingerprint density at radius 2 is 2.25 bits per heavy atom. The maximum Gasteiger partial charge on any atom is 0.228 e.